The Morgan fingerprint density at radius 3 is 3.07 bits per heavy atom. The van der Waals surface area contributed by atoms with Crippen LogP contribution in [0.3, 0.4) is 0 Å². The van der Waals surface area contributed by atoms with Crippen molar-refractivity contribution in [1.29, 1.82) is 0 Å². The van der Waals surface area contributed by atoms with Crippen molar-refractivity contribution in [2.24, 2.45) is 0 Å². The van der Waals surface area contributed by atoms with Gasteiger partial charge in [-0.2, -0.15) is 0 Å². The van der Waals surface area contributed by atoms with E-state index in [2.05, 4.69) is 35.0 Å². The summed E-state index contributed by atoms with van der Waals surface area (Å²) >= 11 is 3.43. The quantitative estimate of drug-likeness (QED) is 0.773. The van der Waals surface area contributed by atoms with Crippen LogP contribution in [0, 0.1) is 0 Å². The van der Waals surface area contributed by atoms with Crippen LogP contribution >= 0.6 is 15.9 Å². The molecule has 14 heavy (non-hydrogen) atoms. The molecule has 0 bridgehead atoms. The topological polar surface area (TPSA) is 21.8 Å². The lowest BCUT2D eigenvalue weighted by molar-refractivity contribution is 0.0340. The second-order valence-corrected chi connectivity index (χ2v) is 4.43. The highest BCUT2D eigenvalue weighted by atomic mass is 79.9. The molecule has 76 valence electrons. The Morgan fingerprint density at radius 2 is 2.43 bits per heavy atom. The first-order chi connectivity index (χ1) is 6.75. The van der Waals surface area contributed by atoms with Crippen molar-refractivity contribution in [1.82, 2.24) is 0 Å². The molecular formula is C11H13BrO2. The number of ether oxygens (including phenoxy) is 2. The predicted octanol–water partition coefficient (Wildman–Crippen LogP) is 2.75. The van der Waals surface area contributed by atoms with Gasteiger partial charge in [-0.25, -0.2) is 0 Å². The van der Waals surface area contributed by atoms with E-state index in [9.17, 15) is 0 Å². The molecule has 0 aliphatic carbocycles. The van der Waals surface area contributed by atoms with Gasteiger partial charge in [0.05, 0.1) is 19.3 Å². The minimum Gasteiger partial charge on any atom is -0.371 e. The van der Waals surface area contributed by atoms with Crippen LogP contribution in [0.1, 0.15) is 12.5 Å². The Balaban J connectivity index is 1.84. The molecule has 0 saturated carbocycles. The van der Waals surface area contributed by atoms with Crippen LogP contribution in [-0.2, 0) is 16.1 Å². The van der Waals surface area contributed by atoms with Crippen LogP contribution in [0.5, 0.6) is 0 Å². The number of epoxide rings is 1. The highest BCUT2D eigenvalue weighted by molar-refractivity contribution is 9.10. The van der Waals surface area contributed by atoms with Gasteiger partial charge in [0, 0.05) is 4.47 Å². The molecule has 0 N–H and O–H groups in total. The molecule has 1 fully saturated rings. The van der Waals surface area contributed by atoms with Gasteiger partial charge in [0.25, 0.3) is 0 Å². The van der Waals surface area contributed by atoms with E-state index in [1.54, 1.807) is 0 Å². The summed E-state index contributed by atoms with van der Waals surface area (Å²) in [6, 6.07) is 8.16. The van der Waals surface area contributed by atoms with Crippen molar-refractivity contribution in [2.45, 2.75) is 25.7 Å². The van der Waals surface area contributed by atoms with Crippen molar-refractivity contribution in [3.05, 3.63) is 34.3 Å². The normalized spacial score (nSPS) is 22.0. The smallest absolute Gasteiger partial charge is 0.107 e. The first-order valence-corrected chi connectivity index (χ1v) is 5.52. The Labute approximate surface area is 92.3 Å². The molecule has 1 aromatic carbocycles. The third-order valence-corrected chi connectivity index (χ3v) is 2.78. The lowest BCUT2D eigenvalue weighted by atomic mass is 10.2. The number of hydrogen-bond donors (Lipinski definition) is 0. The monoisotopic (exact) mass is 256 g/mol. The van der Waals surface area contributed by atoms with E-state index in [4.69, 9.17) is 9.47 Å². The van der Waals surface area contributed by atoms with Crippen LogP contribution in [0.4, 0.5) is 0 Å². The van der Waals surface area contributed by atoms with Crippen LogP contribution in [0.15, 0.2) is 28.7 Å². The largest absolute Gasteiger partial charge is 0.371 e. The summed E-state index contributed by atoms with van der Waals surface area (Å²) in [6.45, 7) is 3.55. The van der Waals surface area contributed by atoms with Crippen LogP contribution in [0.25, 0.3) is 0 Å². The van der Waals surface area contributed by atoms with Gasteiger partial charge in [-0.15, -0.1) is 0 Å². The average molecular weight is 257 g/mol. The molecule has 1 aromatic rings. The molecule has 0 spiro atoms. The second kappa shape index (κ2) is 4.43. The number of benzene rings is 1. The fourth-order valence-electron chi connectivity index (χ4n) is 1.29. The third-order valence-electron chi connectivity index (χ3n) is 2.28. The molecule has 2 rings (SSSR count). The van der Waals surface area contributed by atoms with Crippen molar-refractivity contribution in [2.75, 3.05) is 6.61 Å². The number of rotatable bonds is 4. The number of halogens is 1. The van der Waals surface area contributed by atoms with E-state index in [0.29, 0.717) is 12.7 Å². The average Bonchev–Trinajstić information content (AvgIpc) is 2.97. The minimum atomic E-state index is 0.203. The summed E-state index contributed by atoms with van der Waals surface area (Å²) in [5.41, 5.74) is 1.19. The molecule has 0 unspecified atom stereocenters. The zero-order valence-corrected chi connectivity index (χ0v) is 9.66. The lowest BCUT2D eigenvalue weighted by Crippen LogP contribution is -2.14. The summed E-state index contributed by atoms with van der Waals surface area (Å²) in [7, 11) is 0. The van der Waals surface area contributed by atoms with Crippen molar-refractivity contribution >= 4 is 15.9 Å². The fraction of sp³-hybridized carbons (Fsp3) is 0.455. The molecule has 1 saturated heterocycles. The highest BCUT2D eigenvalue weighted by Crippen LogP contribution is 2.18. The maximum absolute atomic E-state index is 5.66. The van der Waals surface area contributed by atoms with E-state index >= 15 is 0 Å². The van der Waals surface area contributed by atoms with Crippen LogP contribution < -0.4 is 0 Å². The van der Waals surface area contributed by atoms with E-state index in [0.717, 1.165) is 11.1 Å². The SMILES string of the molecule is C[C@@H](OCc1cccc(Br)c1)[C@H]1CO1. The molecule has 1 aliphatic rings. The van der Waals surface area contributed by atoms with Gasteiger partial charge in [-0.3, -0.25) is 0 Å². The standard InChI is InChI=1S/C11H13BrO2/c1-8(11-7-14-11)13-6-9-3-2-4-10(12)5-9/h2-5,8,11H,6-7H2,1H3/t8-,11-/m1/s1. The van der Waals surface area contributed by atoms with Gasteiger partial charge in [0.2, 0.25) is 0 Å². The zero-order valence-electron chi connectivity index (χ0n) is 8.07. The third kappa shape index (κ3) is 2.80. The molecule has 2 atom stereocenters. The van der Waals surface area contributed by atoms with Gasteiger partial charge in [0.15, 0.2) is 0 Å². The fourth-order valence-corrected chi connectivity index (χ4v) is 1.73. The van der Waals surface area contributed by atoms with E-state index in [1.165, 1.54) is 5.56 Å². The summed E-state index contributed by atoms with van der Waals surface area (Å²) in [5.74, 6) is 0. The summed E-state index contributed by atoms with van der Waals surface area (Å²) in [6.07, 6.45) is 0.524. The first-order valence-electron chi connectivity index (χ1n) is 4.73. The molecule has 1 heterocycles. The summed E-state index contributed by atoms with van der Waals surface area (Å²) in [4.78, 5) is 0. The molecule has 1 aliphatic heterocycles. The molecule has 2 nitrogen and oxygen atoms in total. The summed E-state index contributed by atoms with van der Waals surface area (Å²) < 4.78 is 11.9. The molecule has 0 aromatic heterocycles. The first kappa shape index (κ1) is 10.1. The van der Waals surface area contributed by atoms with Crippen LogP contribution in [0.2, 0.25) is 0 Å². The molecule has 3 heteroatoms. The minimum absolute atomic E-state index is 0.203. The number of hydrogen-bond acceptors (Lipinski definition) is 2. The summed E-state index contributed by atoms with van der Waals surface area (Å²) in [5, 5.41) is 0. The maximum Gasteiger partial charge on any atom is 0.107 e. The predicted molar refractivity (Wildman–Crippen MR) is 58.1 cm³/mol. The molecular weight excluding hydrogens is 244 g/mol. The van der Waals surface area contributed by atoms with Gasteiger partial charge in [-0.1, -0.05) is 28.1 Å². The second-order valence-electron chi connectivity index (χ2n) is 3.52. The highest BCUT2D eigenvalue weighted by Gasteiger charge is 2.29. The van der Waals surface area contributed by atoms with Crippen molar-refractivity contribution in [3.8, 4) is 0 Å². The van der Waals surface area contributed by atoms with Crippen LogP contribution in [-0.4, -0.2) is 18.8 Å². The molecule has 0 radical (unpaired) electrons. The van der Waals surface area contributed by atoms with Gasteiger partial charge >= 0.3 is 0 Å². The van der Waals surface area contributed by atoms with Crippen molar-refractivity contribution in [3.63, 3.8) is 0 Å². The van der Waals surface area contributed by atoms with Crippen molar-refractivity contribution < 1.29 is 9.47 Å². The molecule has 0 amide bonds. The maximum atomic E-state index is 5.66. The van der Waals surface area contributed by atoms with Gasteiger partial charge in [0.1, 0.15) is 6.10 Å². The van der Waals surface area contributed by atoms with E-state index in [-0.39, 0.29) is 6.10 Å². The Morgan fingerprint density at radius 1 is 1.64 bits per heavy atom. The Bertz CT molecular complexity index is 310. The Kier molecular flexibility index (Phi) is 3.21. The lowest BCUT2D eigenvalue weighted by Gasteiger charge is -2.10. The van der Waals surface area contributed by atoms with E-state index < -0.39 is 0 Å². The zero-order chi connectivity index (χ0) is 9.97. The van der Waals surface area contributed by atoms with E-state index in [1.807, 2.05) is 12.1 Å². The van der Waals surface area contributed by atoms with Gasteiger partial charge in [-0.05, 0) is 24.6 Å². The Hall–Kier alpha value is -0.380. The van der Waals surface area contributed by atoms with Gasteiger partial charge < -0.3 is 9.47 Å².